The van der Waals surface area contributed by atoms with Crippen molar-refractivity contribution >= 4 is 38.7 Å². The zero-order chi connectivity index (χ0) is 15.8. The minimum atomic E-state index is -0.217. The van der Waals surface area contributed by atoms with Crippen LogP contribution in [0.15, 0.2) is 53.7 Å². The van der Waals surface area contributed by atoms with Crippen molar-refractivity contribution in [1.82, 2.24) is 24.4 Å². The zero-order valence-electron chi connectivity index (χ0n) is 11.5. The Bertz CT molecular complexity index is 1050. The first kappa shape index (κ1) is 13.9. The van der Waals surface area contributed by atoms with E-state index in [0.29, 0.717) is 15.1 Å². The lowest BCUT2D eigenvalue weighted by Crippen LogP contribution is -2.12. The Morgan fingerprint density at radius 3 is 2.91 bits per heavy atom. The van der Waals surface area contributed by atoms with E-state index in [-0.39, 0.29) is 5.56 Å². The van der Waals surface area contributed by atoms with Gasteiger partial charge in [0.15, 0.2) is 0 Å². The van der Waals surface area contributed by atoms with E-state index in [1.807, 2.05) is 18.2 Å². The molecule has 0 aliphatic rings. The van der Waals surface area contributed by atoms with E-state index in [9.17, 15) is 4.79 Å². The van der Waals surface area contributed by atoms with Gasteiger partial charge < -0.3 is 5.32 Å². The van der Waals surface area contributed by atoms with Gasteiger partial charge in [0.2, 0.25) is 10.1 Å². The van der Waals surface area contributed by atoms with E-state index in [1.54, 1.807) is 23.1 Å². The number of para-hydroxylation sites is 1. The number of halogens is 1. The van der Waals surface area contributed by atoms with Gasteiger partial charge in [0.1, 0.15) is 0 Å². The van der Waals surface area contributed by atoms with Crippen LogP contribution < -0.4 is 10.9 Å². The van der Waals surface area contributed by atoms with E-state index >= 15 is 0 Å². The predicted molar refractivity (Wildman–Crippen MR) is 89.0 cm³/mol. The molecule has 0 aliphatic carbocycles. The van der Waals surface area contributed by atoms with Crippen molar-refractivity contribution in [2.45, 2.75) is 0 Å². The fourth-order valence-corrected chi connectivity index (χ4v) is 3.09. The molecule has 7 nitrogen and oxygen atoms in total. The third kappa shape index (κ3) is 2.58. The van der Waals surface area contributed by atoms with Crippen molar-refractivity contribution in [2.75, 3.05) is 5.32 Å². The Hall–Kier alpha value is -2.71. The third-order valence-corrected chi connectivity index (χ3v) is 4.26. The van der Waals surface area contributed by atoms with Gasteiger partial charge in [-0.15, -0.1) is 5.10 Å². The molecule has 0 radical (unpaired) electrons. The fraction of sp³-hybridized carbons (Fsp3) is 0. The number of benzene rings is 1. The molecule has 0 saturated carbocycles. The van der Waals surface area contributed by atoms with Gasteiger partial charge >= 0.3 is 0 Å². The summed E-state index contributed by atoms with van der Waals surface area (Å²) in [5, 5.41) is 12.7. The predicted octanol–water partition coefficient (Wildman–Crippen LogP) is 2.73. The number of fused-ring (bicyclic) bond motifs is 1. The first-order valence-electron chi connectivity index (χ1n) is 6.62. The highest BCUT2D eigenvalue weighted by Crippen LogP contribution is 2.24. The zero-order valence-corrected chi connectivity index (χ0v) is 13.1. The van der Waals surface area contributed by atoms with Crippen LogP contribution in [-0.4, -0.2) is 24.4 Å². The molecule has 3 aromatic heterocycles. The van der Waals surface area contributed by atoms with E-state index in [4.69, 9.17) is 11.6 Å². The van der Waals surface area contributed by atoms with Gasteiger partial charge in [0.05, 0.1) is 28.8 Å². The largest absolute Gasteiger partial charge is 0.327 e. The summed E-state index contributed by atoms with van der Waals surface area (Å²) in [4.78, 5) is 16.3. The maximum Gasteiger partial charge on any atom is 0.275 e. The Morgan fingerprint density at radius 1 is 1.22 bits per heavy atom. The normalized spacial score (nSPS) is 11.0. The van der Waals surface area contributed by atoms with E-state index in [2.05, 4.69) is 20.5 Å². The Kier molecular flexibility index (Phi) is 3.32. The maximum atomic E-state index is 11.7. The SMILES string of the molecule is O=c1ccnc2sc(Nc3cnn(-c4ccccc4Cl)c3)nn12. The molecule has 9 heteroatoms. The van der Waals surface area contributed by atoms with Crippen LogP contribution in [-0.2, 0) is 0 Å². The van der Waals surface area contributed by atoms with Gasteiger partial charge in [-0.2, -0.15) is 9.61 Å². The lowest BCUT2D eigenvalue weighted by atomic mass is 10.3. The molecule has 23 heavy (non-hydrogen) atoms. The Morgan fingerprint density at radius 2 is 2.09 bits per heavy atom. The van der Waals surface area contributed by atoms with Gasteiger partial charge in [-0.25, -0.2) is 9.67 Å². The first-order valence-corrected chi connectivity index (χ1v) is 7.82. The third-order valence-electron chi connectivity index (χ3n) is 3.10. The molecule has 1 aromatic carbocycles. The van der Waals surface area contributed by atoms with Gasteiger partial charge in [0, 0.05) is 12.3 Å². The molecule has 0 spiro atoms. The summed E-state index contributed by atoms with van der Waals surface area (Å²) in [5.41, 5.74) is 1.30. The molecule has 114 valence electrons. The van der Waals surface area contributed by atoms with Gasteiger partial charge in [-0.3, -0.25) is 4.79 Å². The second-order valence-electron chi connectivity index (χ2n) is 4.63. The average Bonchev–Trinajstić information content (AvgIpc) is 3.16. The van der Waals surface area contributed by atoms with Crippen LogP contribution >= 0.6 is 22.9 Å². The Balaban J connectivity index is 1.66. The van der Waals surface area contributed by atoms with E-state index in [1.165, 1.54) is 28.1 Å². The lowest BCUT2D eigenvalue weighted by Gasteiger charge is -2.02. The molecule has 1 N–H and O–H groups in total. The van der Waals surface area contributed by atoms with Crippen molar-refractivity contribution in [2.24, 2.45) is 0 Å². The van der Waals surface area contributed by atoms with Gasteiger partial charge in [0.25, 0.3) is 5.56 Å². The van der Waals surface area contributed by atoms with E-state index < -0.39 is 0 Å². The summed E-state index contributed by atoms with van der Waals surface area (Å²) in [5.74, 6) is 0. The fourth-order valence-electron chi connectivity index (χ4n) is 2.07. The highest BCUT2D eigenvalue weighted by atomic mass is 35.5. The van der Waals surface area contributed by atoms with Crippen LogP contribution in [0.5, 0.6) is 0 Å². The van der Waals surface area contributed by atoms with Crippen LogP contribution in [0.3, 0.4) is 0 Å². The smallest absolute Gasteiger partial charge is 0.275 e. The van der Waals surface area contributed by atoms with Crippen molar-refractivity contribution in [1.29, 1.82) is 0 Å². The van der Waals surface area contributed by atoms with Crippen LogP contribution in [0.2, 0.25) is 5.02 Å². The summed E-state index contributed by atoms with van der Waals surface area (Å²) in [7, 11) is 0. The molecule has 0 saturated heterocycles. The van der Waals surface area contributed by atoms with Gasteiger partial charge in [-0.05, 0) is 12.1 Å². The highest BCUT2D eigenvalue weighted by Gasteiger charge is 2.09. The summed E-state index contributed by atoms with van der Waals surface area (Å²) in [6.07, 6.45) is 4.92. The van der Waals surface area contributed by atoms with Crippen molar-refractivity contribution in [3.8, 4) is 5.69 Å². The first-order chi connectivity index (χ1) is 11.2. The molecule has 0 amide bonds. The quantitative estimate of drug-likeness (QED) is 0.618. The molecular weight excluding hydrogens is 336 g/mol. The molecule has 4 rings (SSSR count). The summed E-state index contributed by atoms with van der Waals surface area (Å²) in [6.45, 7) is 0. The van der Waals surface area contributed by atoms with Crippen LogP contribution in [0.4, 0.5) is 10.8 Å². The molecule has 0 unspecified atom stereocenters. The minimum absolute atomic E-state index is 0.217. The van der Waals surface area contributed by atoms with Crippen molar-refractivity contribution in [3.05, 3.63) is 64.3 Å². The van der Waals surface area contributed by atoms with E-state index in [0.717, 1.165) is 11.4 Å². The second kappa shape index (κ2) is 5.49. The maximum absolute atomic E-state index is 11.7. The number of hydrogen-bond acceptors (Lipinski definition) is 6. The van der Waals surface area contributed by atoms with Crippen molar-refractivity contribution in [3.63, 3.8) is 0 Å². The van der Waals surface area contributed by atoms with Gasteiger partial charge in [-0.1, -0.05) is 35.1 Å². The monoisotopic (exact) mass is 344 g/mol. The number of nitrogens with zero attached hydrogens (tertiary/aromatic N) is 5. The summed E-state index contributed by atoms with van der Waals surface area (Å²) >= 11 is 7.44. The number of rotatable bonds is 3. The average molecular weight is 345 g/mol. The molecule has 0 bridgehead atoms. The number of anilines is 2. The van der Waals surface area contributed by atoms with Crippen LogP contribution in [0, 0.1) is 0 Å². The number of aromatic nitrogens is 5. The number of nitrogens with one attached hydrogen (secondary N) is 1. The number of hydrogen-bond donors (Lipinski definition) is 1. The summed E-state index contributed by atoms with van der Waals surface area (Å²) in [6, 6.07) is 8.80. The van der Waals surface area contributed by atoms with Crippen LogP contribution in [0.25, 0.3) is 10.6 Å². The molecule has 3 heterocycles. The topological polar surface area (TPSA) is 77.1 Å². The standard InChI is InChI=1S/C14H9ClN6OS/c15-10-3-1-2-4-11(10)20-8-9(7-17-20)18-13-19-21-12(22)5-6-16-14(21)23-13/h1-8H,(H,18,19). The summed E-state index contributed by atoms with van der Waals surface area (Å²) < 4.78 is 2.92. The molecular formula is C14H9ClN6OS. The highest BCUT2D eigenvalue weighted by molar-refractivity contribution is 7.20. The second-order valence-corrected chi connectivity index (χ2v) is 6.00. The molecule has 0 fully saturated rings. The minimum Gasteiger partial charge on any atom is -0.327 e. The molecule has 4 aromatic rings. The van der Waals surface area contributed by atoms with Crippen molar-refractivity contribution < 1.29 is 0 Å². The lowest BCUT2D eigenvalue weighted by molar-refractivity contribution is 0.881. The molecule has 0 aliphatic heterocycles. The van der Waals surface area contributed by atoms with Crippen LogP contribution in [0.1, 0.15) is 0 Å². The molecule has 0 atom stereocenters. The Labute approximate surface area is 138 Å².